The molecule has 0 atom stereocenters. The second-order valence-corrected chi connectivity index (χ2v) is 3.84. The third-order valence-corrected chi connectivity index (χ3v) is 2.38. The van der Waals surface area contributed by atoms with Crippen molar-refractivity contribution in [2.45, 2.75) is 13.5 Å². The molecule has 2 amide bonds. The molecule has 1 aromatic carbocycles. The van der Waals surface area contributed by atoms with Crippen molar-refractivity contribution in [3.05, 3.63) is 47.2 Å². The fraction of sp³-hybridized carbons (Fsp3) is 0.167. The van der Waals surface area contributed by atoms with Crippen LogP contribution in [-0.4, -0.2) is 22.0 Å². The molecular formula is C12H12N4O3. The monoisotopic (exact) mass is 260 g/mol. The molecule has 3 N–H and O–H groups in total. The number of carbonyl (C=O) groups is 2. The predicted octanol–water partition coefficient (Wildman–Crippen LogP) is 0.407. The molecule has 98 valence electrons. The average molecular weight is 260 g/mol. The van der Waals surface area contributed by atoms with Crippen LogP contribution in [0, 0.1) is 6.92 Å². The topological polar surface area (TPSA) is 111 Å². The zero-order chi connectivity index (χ0) is 13.8. The zero-order valence-electron chi connectivity index (χ0n) is 10.2. The number of aromatic nitrogens is 2. The molecule has 0 aliphatic carbocycles. The van der Waals surface area contributed by atoms with Crippen LogP contribution in [0.25, 0.3) is 0 Å². The lowest BCUT2D eigenvalue weighted by Crippen LogP contribution is -2.23. The van der Waals surface area contributed by atoms with Gasteiger partial charge in [0, 0.05) is 18.1 Å². The zero-order valence-corrected chi connectivity index (χ0v) is 10.2. The molecule has 1 heterocycles. The first-order valence-corrected chi connectivity index (χ1v) is 5.53. The molecule has 7 heteroatoms. The van der Waals surface area contributed by atoms with Gasteiger partial charge < -0.3 is 15.5 Å². The highest BCUT2D eigenvalue weighted by atomic mass is 16.4. The number of nitrogens with zero attached hydrogens (tertiary/aromatic N) is 2. The molecule has 0 saturated carbocycles. The molecule has 0 saturated heterocycles. The average Bonchev–Trinajstić information content (AvgIpc) is 2.82. The quantitative estimate of drug-likeness (QED) is 0.826. The normalized spacial score (nSPS) is 10.2. The van der Waals surface area contributed by atoms with Crippen molar-refractivity contribution in [1.29, 1.82) is 0 Å². The fourth-order valence-electron chi connectivity index (χ4n) is 1.48. The Bertz CT molecular complexity index is 621. The van der Waals surface area contributed by atoms with Crippen LogP contribution < -0.4 is 11.1 Å². The first-order chi connectivity index (χ1) is 9.06. The van der Waals surface area contributed by atoms with E-state index in [4.69, 9.17) is 10.2 Å². The van der Waals surface area contributed by atoms with Crippen LogP contribution in [0.2, 0.25) is 0 Å². The van der Waals surface area contributed by atoms with Crippen molar-refractivity contribution in [2.75, 3.05) is 0 Å². The largest absolute Gasteiger partial charge is 0.424 e. The maximum absolute atomic E-state index is 11.8. The van der Waals surface area contributed by atoms with Crippen molar-refractivity contribution in [2.24, 2.45) is 5.73 Å². The maximum atomic E-state index is 11.8. The van der Waals surface area contributed by atoms with Crippen LogP contribution in [-0.2, 0) is 6.54 Å². The SMILES string of the molecule is Cc1nnc(CNC(=O)c2cccc(C(N)=O)c2)o1. The summed E-state index contributed by atoms with van der Waals surface area (Å²) in [4.78, 5) is 22.9. The lowest BCUT2D eigenvalue weighted by atomic mass is 10.1. The van der Waals surface area contributed by atoms with Gasteiger partial charge in [0.15, 0.2) is 0 Å². The van der Waals surface area contributed by atoms with E-state index in [1.54, 1.807) is 25.1 Å². The summed E-state index contributed by atoms with van der Waals surface area (Å²) in [5.41, 5.74) is 5.77. The molecule has 7 nitrogen and oxygen atoms in total. The van der Waals surface area contributed by atoms with Gasteiger partial charge in [0.1, 0.15) is 0 Å². The molecule has 0 spiro atoms. The summed E-state index contributed by atoms with van der Waals surface area (Å²) in [6, 6.07) is 6.14. The lowest BCUT2D eigenvalue weighted by molar-refractivity contribution is 0.0947. The molecule has 2 rings (SSSR count). The van der Waals surface area contributed by atoms with E-state index in [1.807, 2.05) is 0 Å². The number of hydrogen-bond donors (Lipinski definition) is 2. The Kier molecular flexibility index (Phi) is 3.56. The Hall–Kier alpha value is -2.70. The Morgan fingerprint density at radius 3 is 2.68 bits per heavy atom. The highest BCUT2D eigenvalue weighted by Crippen LogP contribution is 2.05. The highest BCUT2D eigenvalue weighted by Gasteiger charge is 2.10. The molecule has 2 aromatic rings. The minimum absolute atomic E-state index is 0.125. The molecule has 0 unspecified atom stereocenters. The van der Waals surface area contributed by atoms with Gasteiger partial charge in [-0.15, -0.1) is 10.2 Å². The van der Waals surface area contributed by atoms with Crippen molar-refractivity contribution < 1.29 is 14.0 Å². The van der Waals surface area contributed by atoms with Gasteiger partial charge in [-0.3, -0.25) is 9.59 Å². The van der Waals surface area contributed by atoms with Crippen molar-refractivity contribution in [3.8, 4) is 0 Å². The number of rotatable bonds is 4. The Morgan fingerprint density at radius 2 is 2.05 bits per heavy atom. The molecule has 0 bridgehead atoms. The van der Waals surface area contributed by atoms with Crippen LogP contribution in [0.3, 0.4) is 0 Å². The smallest absolute Gasteiger partial charge is 0.251 e. The van der Waals surface area contributed by atoms with Crippen LogP contribution in [0.15, 0.2) is 28.7 Å². The molecule has 0 aliphatic rings. The van der Waals surface area contributed by atoms with Gasteiger partial charge in [0.25, 0.3) is 5.91 Å². The number of nitrogens with two attached hydrogens (primary N) is 1. The summed E-state index contributed by atoms with van der Waals surface area (Å²) in [6.45, 7) is 1.79. The summed E-state index contributed by atoms with van der Waals surface area (Å²) in [5.74, 6) is -0.182. The third kappa shape index (κ3) is 3.15. The highest BCUT2D eigenvalue weighted by molar-refractivity contribution is 5.98. The predicted molar refractivity (Wildman–Crippen MR) is 65.2 cm³/mol. The first-order valence-electron chi connectivity index (χ1n) is 5.53. The standard InChI is InChI=1S/C12H12N4O3/c1-7-15-16-10(19-7)6-14-12(18)9-4-2-3-8(5-9)11(13)17/h2-5H,6H2,1H3,(H2,13,17)(H,14,18). The molecule has 19 heavy (non-hydrogen) atoms. The number of aryl methyl sites for hydroxylation is 1. The fourth-order valence-corrected chi connectivity index (χ4v) is 1.48. The van der Waals surface area contributed by atoms with E-state index in [0.717, 1.165) is 0 Å². The molecule has 0 radical (unpaired) electrons. The van der Waals surface area contributed by atoms with Crippen LogP contribution in [0.4, 0.5) is 0 Å². The molecule has 0 aliphatic heterocycles. The van der Waals surface area contributed by atoms with Gasteiger partial charge in [0.05, 0.1) is 6.54 Å². The second-order valence-electron chi connectivity index (χ2n) is 3.84. The third-order valence-electron chi connectivity index (χ3n) is 2.38. The van der Waals surface area contributed by atoms with Crippen molar-refractivity contribution in [3.63, 3.8) is 0 Å². The minimum Gasteiger partial charge on any atom is -0.424 e. The van der Waals surface area contributed by atoms with Gasteiger partial charge in [-0.05, 0) is 18.2 Å². The Balaban J connectivity index is 2.03. The van der Waals surface area contributed by atoms with E-state index < -0.39 is 5.91 Å². The Labute approximate surface area is 108 Å². The molecule has 1 aromatic heterocycles. The van der Waals surface area contributed by atoms with E-state index in [9.17, 15) is 9.59 Å². The van der Waals surface area contributed by atoms with Crippen molar-refractivity contribution in [1.82, 2.24) is 15.5 Å². The summed E-state index contributed by atoms with van der Waals surface area (Å²) in [7, 11) is 0. The summed E-state index contributed by atoms with van der Waals surface area (Å²) in [5, 5.41) is 10.0. The van der Waals surface area contributed by atoms with Gasteiger partial charge in [-0.2, -0.15) is 0 Å². The minimum atomic E-state index is -0.581. The van der Waals surface area contributed by atoms with Crippen LogP contribution in [0.5, 0.6) is 0 Å². The molecular weight excluding hydrogens is 248 g/mol. The number of carbonyl (C=O) groups excluding carboxylic acids is 2. The number of amides is 2. The first kappa shape index (κ1) is 12.7. The number of benzene rings is 1. The summed E-state index contributed by atoms with van der Waals surface area (Å²) < 4.78 is 5.12. The summed E-state index contributed by atoms with van der Waals surface area (Å²) in [6.07, 6.45) is 0. The van der Waals surface area contributed by atoms with E-state index in [2.05, 4.69) is 15.5 Å². The van der Waals surface area contributed by atoms with E-state index >= 15 is 0 Å². The van der Waals surface area contributed by atoms with E-state index in [0.29, 0.717) is 17.3 Å². The maximum Gasteiger partial charge on any atom is 0.251 e. The van der Waals surface area contributed by atoms with Gasteiger partial charge >= 0.3 is 0 Å². The summed E-state index contributed by atoms with van der Waals surface area (Å²) >= 11 is 0. The molecule has 0 fully saturated rings. The second kappa shape index (κ2) is 5.30. The van der Waals surface area contributed by atoms with Crippen LogP contribution >= 0.6 is 0 Å². The Morgan fingerprint density at radius 1 is 1.32 bits per heavy atom. The van der Waals surface area contributed by atoms with Gasteiger partial charge in [-0.25, -0.2) is 0 Å². The number of hydrogen-bond acceptors (Lipinski definition) is 5. The number of nitrogens with one attached hydrogen (secondary N) is 1. The van der Waals surface area contributed by atoms with E-state index in [1.165, 1.54) is 6.07 Å². The van der Waals surface area contributed by atoms with E-state index in [-0.39, 0.29) is 18.0 Å². The van der Waals surface area contributed by atoms with Gasteiger partial charge in [0.2, 0.25) is 17.7 Å². The number of primary amides is 1. The van der Waals surface area contributed by atoms with Crippen molar-refractivity contribution >= 4 is 11.8 Å². The lowest BCUT2D eigenvalue weighted by Gasteiger charge is -2.03. The van der Waals surface area contributed by atoms with Crippen LogP contribution in [0.1, 0.15) is 32.5 Å². The van der Waals surface area contributed by atoms with Gasteiger partial charge in [-0.1, -0.05) is 6.07 Å².